The molecule has 0 radical (unpaired) electrons. The third-order valence-corrected chi connectivity index (χ3v) is 3.59. The first kappa shape index (κ1) is 17.2. The maximum absolute atomic E-state index is 11.7. The van der Waals surface area contributed by atoms with Crippen LogP contribution in [0.1, 0.15) is 11.1 Å². The molecule has 0 spiro atoms. The number of hydrogen-bond acceptors (Lipinski definition) is 4. The summed E-state index contributed by atoms with van der Waals surface area (Å²) in [6.07, 6.45) is 2.85. The zero-order valence-corrected chi connectivity index (χ0v) is 13.8. The summed E-state index contributed by atoms with van der Waals surface area (Å²) in [6, 6.07) is 9.71. The molecule has 2 aromatic carbocycles. The fourth-order valence-corrected chi connectivity index (χ4v) is 2.26. The van der Waals surface area contributed by atoms with Gasteiger partial charge in [0, 0.05) is 21.7 Å². The minimum absolute atomic E-state index is 0.0320. The smallest absolute Gasteiger partial charge is 0.331 e. The molecule has 0 unspecified atom stereocenters. The van der Waals surface area contributed by atoms with Gasteiger partial charge in [0.15, 0.2) is 11.5 Å². The third kappa shape index (κ3) is 4.91. The molecule has 0 aliphatic heterocycles. The average Bonchev–Trinajstić information content (AvgIpc) is 2.53. The minimum atomic E-state index is -0.511. The number of esters is 1. The van der Waals surface area contributed by atoms with Crippen molar-refractivity contribution < 1.29 is 19.4 Å². The summed E-state index contributed by atoms with van der Waals surface area (Å²) < 4.78 is 10.1. The predicted octanol–water partition coefficient (Wildman–Crippen LogP) is 4.46. The Morgan fingerprint density at radius 3 is 2.70 bits per heavy atom. The van der Waals surface area contributed by atoms with Crippen LogP contribution in [0.5, 0.6) is 11.5 Å². The number of ether oxygens (including phenoxy) is 2. The highest BCUT2D eigenvalue weighted by molar-refractivity contribution is 6.35. The van der Waals surface area contributed by atoms with Crippen LogP contribution < -0.4 is 4.74 Å². The highest BCUT2D eigenvalue weighted by Crippen LogP contribution is 2.26. The van der Waals surface area contributed by atoms with Gasteiger partial charge in [-0.1, -0.05) is 35.3 Å². The standard InChI is InChI=1S/C17H14Cl2O4/c1-22-16-8-11(2-6-15(16)20)3-7-17(21)23-10-12-4-5-13(18)9-14(12)19/h2-9,20H,10H2,1H3. The second-order valence-electron chi connectivity index (χ2n) is 4.61. The number of carbonyl (C=O) groups is 1. The van der Waals surface area contributed by atoms with E-state index in [1.54, 1.807) is 36.4 Å². The molecular weight excluding hydrogens is 339 g/mol. The first-order chi connectivity index (χ1) is 11.0. The zero-order chi connectivity index (χ0) is 16.8. The molecule has 0 bridgehead atoms. The topological polar surface area (TPSA) is 55.8 Å². The Hall–Kier alpha value is -2.17. The molecule has 4 nitrogen and oxygen atoms in total. The van der Waals surface area contributed by atoms with E-state index < -0.39 is 5.97 Å². The van der Waals surface area contributed by atoms with Crippen LogP contribution in [0, 0.1) is 0 Å². The maximum atomic E-state index is 11.7. The van der Waals surface area contributed by atoms with Crippen molar-refractivity contribution in [2.75, 3.05) is 7.11 Å². The summed E-state index contributed by atoms with van der Waals surface area (Å²) in [5.74, 6) is -0.152. The molecular formula is C17H14Cl2O4. The number of benzene rings is 2. The van der Waals surface area contributed by atoms with E-state index in [9.17, 15) is 9.90 Å². The molecule has 0 aliphatic rings. The van der Waals surface area contributed by atoms with E-state index in [1.165, 1.54) is 19.3 Å². The number of phenols is 1. The molecule has 2 rings (SSSR count). The van der Waals surface area contributed by atoms with Crippen LogP contribution in [0.2, 0.25) is 10.0 Å². The van der Waals surface area contributed by atoms with Gasteiger partial charge in [0.25, 0.3) is 0 Å². The first-order valence-corrected chi connectivity index (χ1v) is 7.41. The zero-order valence-electron chi connectivity index (χ0n) is 12.3. The van der Waals surface area contributed by atoms with Crippen LogP contribution >= 0.6 is 23.2 Å². The molecule has 0 saturated heterocycles. The highest BCUT2D eigenvalue weighted by atomic mass is 35.5. The van der Waals surface area contributed by atoms with Crippen LogP contribution in [-0.2, 0) is 16.1 Å². The van der Waals surface area contributed by atoms with Crippen molar-refractivity contribution in [3.05, 3.63) is 63.6 Å². The molecule has 23 heavy (non-hydrogen) atoms. The van der Waals surface area contributed by atoms with Crippen LogP contribution in [0.4, 0.5) is 0 Å². The second kappa shape index (κ2) is 7.90. The van der Waals surface area contributed by atoms with Gasteiger partial charge in [-0.25, -0.2) is 4.79 Å². The lowest BCUT2D eigenvalue weighted by molar-refractivity contribution is -0.138. The fourth-order valence-electron chi connectivity index (χ4n) is 1.80. The van der Waals surface area contributed by atoms with E-state index in [4.69, 9.17) is 32.7 Å². The summed E-state index contributed by atoms with van der Waals surface area (Å²) in [5.41, 5.74) is 1.37. The van der Waals surface area contributed by atoms with Gasteiger partial charge in [-0.3, -0.25) is 0 Å². The number of rotatable bonds is 5. The minimum Gasteiger partial charge on any atom is -0.504 e. The van der Waals surface area contributed by atoms with E-state index >= 15 is 0 Å². The van der Waals surface area contributed by atoms with E-state index in [2.05, 4.69) is 0 Å². The monoisotopic (exact) mass is 352 g/mol. The number of carbonyl (C=O) groups excluding carboxylic acids is 1. The van der Waals surface area contributed by atoms with E-state index in [0.717, 1.165) is 0 Å². The van der Waals surface area contributed by atoms with Crippen molar-refractivity contribution >= 4 is 35.2 Å². The molecule has 2 aromatic rings. The molecule has 1 N–H and O–H groups in total. The Labute approximate surface area is 143 Å². The molecule has 6 heteroatoms. The quantitative estimate of drug-likeness (QED) is 0.637. The molecule has 0 fully saturated rings. The normalized spacial score (nSPS) is 10.7. The number of methoxy groups -OCH3 is 1. The number of aromatic hydroxyl groups is 1. The van der Waals surface area contributed by atoms with Gasteiger partial charge < -0.3 is 14.6 Å². The molecule has 0 amide bonds. The van der Waals surface area contributed by atoms with Crippen molar-refractivity contribution in [1.29, 1.82) is 0 Å². The SMILES string of the molecule is COc1cc(C=CC(=O)OCc2ccc(Cl)cc2Cl)ccc1O. The third-order valence-electron chi connectivity index (χ3n) is 3.00. The van der Waals surface area contributed by atoms with Crippen molar-refractivity contribution in [3.8, 4) is 11.5 Å². The Morgan fingerprint density at radius 2 is 2.00 bits per heavy atom. The molecule has 120 valence electrons. The van der Waals surface area contributed by atoms with Gasteiger partial charge >= 0.3 is 5.97 Å². The lowest BCUT2D eigenvalue weighted by atomic mass is 10.2. The average molecular weight is 353 g/mol. The van der Waals surface area contributed by atoms with Gasteiger partial charge in [0.05, 0.1) is 7.11 Å². The van der Waals surface area contributed by atoms with Gasteiger partial charge in [-0.2, -0.15) is 0 Å². The van der Waals surface area contributed by atoms with Crippen LogP contribution in [0.15, 0.2) is 42.5 Å². The van der Waals surface area contributed by atoms with Crippen molar-refractivity contribution in [2.24, 2.45) is 0 Å². The van der Waals surface area contributed by atoms with E-state index in [0.29, 0.717) is 26.9 Å². The van der Waals surface area contributed by atoms with Gasteiger partial charge in [-0.15, -0.1) is 0 Å². The lowest BCUT2D eigenvalue weighted by Crippen LogP contribution is -2.01. The van der Waals surface area contributed by atoms with Crippen LogP contribution in [0.25, 0.3) is 6.08 Å². The summed E-state index contributed by atoms with van der Waals surface area (Å²) >= 11 is 11.8. The van der Waals surface area contributed by atoms with Crippen molar-refractivity contribution in [2.45, 2.75) is 6.61 Å². The van der Waals surface area contributed by atoms with E-state index in [-0.39, 0.29) is 12.4 Å². The predicted molar refractivity (Wildman–Crippen MR) is 90.0 cm³/mol. The molecule has 0 aromatic heterocycles. The molecule has 0 heterocycles. The number of phenolic OH excluding ortho intramolecular Hbond substituents is 1. The molecule has 0 atom stereocenters. The summed E-state index contributed by atoms with van der Waals surface area (Å²) in [4.78, 5) is 11.7. The van der Waals surface area contributed by atoms with Crippen molar-refractivity contribution in [3.63, 3.8) is 0 Å². The van der Waals surface area contributed by atoms with Crippen LogP contribution in [-0.4, -0.2) is 18.2 Å². The Kier molecular flexibility index (Phi) is 5.90. The van der Waals surface area contributed by atoms with Crippen LogP contribution in [0.3, 0.4) is 0 Å². The highest BCUT2D eigenvalue weighted by Gasteiger charge is 2.05. The molecule has 0 saturated carbocycles. The van der Waals surface area contributed by atoms with Gasteiger partial charge in [0.1, 0.15) is 6.61 Å². The van der Waals surface area contributed by atoms with E-state index in [1.807, 2.05) is 0 Å². The lowest BCUT2D eigenvalue weighted by Gasteiger charge is -2.05. The van der Waals surface area contributed by atoms with Gasteiger partial charge in [-0.05, 0) is 35.9 Å². The Bertz CT molecular complexity index is 741. The first-order valence-electron chi connectivity index (χ1n) is 6.65. The number of hydrogen-bond donors (Lipinski definition) is 1. The number of halogens is 2. The summed E-state index contributed by atoms with van der Waals surface area (Å²) in [7, 11) is 1.45. The van der Waals surface area contributed by atoms with Crippen molar-refractivity contribution in [1.82, 2.24) is 0 Å². The Morgan fingerprint density at radius 1 is 1.22 bits per heavy atom. The largest absolute Gasteiger partial charge is 0.504 e. The fraction of sp³-hybridized carbons (Fsp3) is 0.118. The molecule has 0 aliphatic carbocycles. The Balaban J connectivity index is 1.96. The summed E-state index contributed by atoms with van der Waals surface area (Å²) in [5, 5.41) is 10.5. The second-order valence-corrected chi connectivity index (χ2v) is 5.45. The maximum Gasteiger partial charge on any atom is 0.331 e. The summed E-state index contributed by atoms with van der Waals surface area (Å²) in [6.45, 7) is 0.0536. The van der Waals surface area contributed by atoms with Gasteiger partial charge in [0.2, 0.25) is 0 Å².